The van der Waals surface area contributed by atoms with E-state index >= 15 is 0 Å². The Hall–Kier alpha value is -3.15. The highest BCUT2D eigenvalue weighted by Crippen LogP contribution is 2.23. The van der Waals surface area contributed by atoms with Gasteiger partial charge in [0.2, 0.25) is 5.91 Å². The summed E-state index contributed by atoms with van der Waals surface area (Å²) in [4.78, 5) is 22.1. The van der Waals surface area contributed by atoms with Crippen molar-refractivity contribution in [3.05, 3.63) is 70.3 Å². The predicted octanol–water partition coefficient (Wildman–Crippen LogP) is 2.83. The average Bonchev–Trinajstić information content (AvgIpc) is 2.45. The van der Waals surface area contributed by atoms with Gasteiger partial charge in [-0.3, -0.25) is 14.9 Å². The fourth-order valence-electron chi connectivity index (χ4n) is 1.75. The Kier molecular flexibility index (Phi) is 4.30. The number of nitro groups is 1. The van der Waals surface area contributed by atoms with Gasteiger partial charge in [0, 0.05) is 17.8 Å². The van der Waals surface area contributed by atoms with E-state index in [-0.39, 0.29) is 11.4 Å². The number of nitrogen functional groups attached to an aromatic ring is 1. The van der Waals surface area contributed by atoms with E-state index in [4.69, 9.17) is 5.73 Å². The second-order valence-corrected chi connectivity index (χ2v) is 4.27. The minimum Gasteiger partial charge on any atom is -0.399 e. The molecule has 0 saturated heterocycles. The number of carbonyl (C=O) groups excluding carboxylic acids is 1. The first-order valence-electron chi connectivity index (χ1n) is 6.14. The molecule has 0 unspecified atom stereocenters. The van der Waals surface area contributed by atoms with Gasteiger partial charge in [0.05, 0.1) is 4.92 Å². The van der Waals surface area contributed by atoms with Crippen LogP contribution in [0.1, 0.15) is 5.56 Å². The maximum atomic E-state index is 11.8. The summed E-state index contributed by atoms with van der Waals surface area (Å²) in [5, 5.41) is 13.3. The van der Waals surface area contributed by atoms with Gasteiger partial charge in [-0.15, -0.1) is 0 Å². The smallest absolute Gasteiger partial charge is 0.292 e. The number of carbonyl (C=O) groups is 1. The monoisotopic (exact) mass is 283 g/mol. The van der Waals surface area contributed by atoms with Crippen LogP contribution in [0.15, 0.2) is 54.6 Å². The number of benzene rings is 2. The van der Waals surface area contributed by atoms with Crippen molar-refractivity contribution in [1.29, 1.82) is 0 Å². The zero-order chi connectivity index (χ0) is 15.2. The van der Waals surface area contributed by atoms with Gasteiger partial charge < -0.3 is 11.1 Å². The normalized spacial score (nSPS) is 10.5. The first kappa shape index (κ1) is 14.3. The number of nitrogens with one attached hydrogen (secondary N) is 1. The molecule has 0 atom stereocenters. The number of hydrogen-bond donors (Lipinski definition) is 2. The van der Waals surface area contributed by atoms with Crippen molar-refractivity contribution in [1.82, 2.24) is 0 Å². The van der Waals surface area contributed by atoms with Crippen LogP contribution in [0.4, 0.5) is 17.1 Å². The van der Waals surface area contributed by atoms with E-state index in [0.717, 1.165) is 5.56 Å². The van der Waals surface area contributed by atoms with Crippen molar-refractivity contribution in [2.45, 2.75) is 0 Å². The van der Waals surface area contributed by atoms with E-state index in [2.05, 4.69) is 5.32 Å². The number of nitrogens with zero attached hydrogens (tertiary/aromatic N) is 1. The summed E-state index contributed by atoms with van der Waals surface area (Å²) in [6.45, 7) is 0. The van der Waals surface area contributed by atoms with Crippen molar-refractivity contribution in [2.24, 2.45) is 0 Å². The van der Waals surface area contributed by atoms with Gasteiger partial charge in [0.15, 0.2) is 0 Å². The van der Waals surface area contributed by atoms with Gasteiger partial charge >= 0.3 is 0 Å². The summed E-state index contributed by atoms with van der Waals surface area (Å²) < 4.78 is 0. The van der Waals surface area contributed by atoms with Crippen molar-refractivity contribution in [3.63, 3.8) is 0 Å². The summed E-state index contributed by atoms with van der Waals surface area (Å²) in [6.07, 6.45) is 2.88. The molecule has 0 aliphatic heterocycles. The fourth-order valence-corrected chi connectivity index (χ4v) is 1.75. The second-order valence-electron chi connectivity index (χ2n) is 4.27. The molecule has 106 valence electrons. The number of nitrogens with two attached hydrogens (primary N) is 1. The molecule has 0 bridgehead atoms. The summed E-state index contributed by atoms with van der Waals surface area (Å²) in [6, 6.07) is 13.0. The third-order valence-electron chi connectivity index (χ3n) is 2.70. The maximum Gasteiger partial charge on any atom is 0.292 e. The number of anilines is 2. The highest BCUT2D eigenvalue weighted by molar-refractivity contribution is 6.03. The molecular formula is C15H13N3O3. The SMILES string of the molecule is Nc1cccc(/C=C/C(=O)Nc2ccccc2[N+](=O)[O-])c1. The van der Waals surface area contributed by atoms with Gasteiger partial charge in [0.25, 0.3) is 5.69 Å². The van der Waals surface area contributed by atoms with Crippen LogP contribution in [0, 0.1) is 10.1 Å². The average molecular weight is 283 g/mol. The standard InChI is InChI=1S/C15H13N3O3/c16-12-5-3-4-11(10-12)8-9-15(19)17-13-6-1-2-7-14(13)18(20)21/h1-10H,16H2,(H,17,19)/b9-8+. The lowest BCUT2D eigenvalue weighted by atomic mass is 10.2. The topological polar surface area (TPSA) is 98.3 Å². The molecule has 0 fully saturated rings. The maximum absolute atomic E-state index is 11.8. The van der Waals surface area contributed by atoms with Gasteiger partial charge in [0.1, 0.15) is 5.69 Å². The summed E-state index contributed by atoms with van der Waals surface area (Å²) in [7, 11) is 0. The van der Waals surface area contributed by atoms with Gasteiger partial charge in [-0.25, -0.2) is 0 Å². The van der Waals surface area contributed by atoms with Crippen molar-refractivity contribution < 1.29 is 9.72 Å². The summed E-state index contributed by atoms with van der Waals surface area (Å²) >= 11 is 0. The number of nitro benzene ring substituents is 1. The number of rotatable bonds is 4. The Morgan fingerprint density at radius 1 is 1.19 bits per heavy atom. The van der Waals surface area contributed by atoms with E-state index in [1.807, 2.05) is 0 Å². The molecule has 0 aromatic heterocycles. The van der Waals surface area contributed by atoms with E-state index in [1.165, 1.54) is 24.3 Å². The van der Waals surface area contributed by atoms with Gasteiger partial charge in [-0.05, 0) is 29.8 Å². The summed E-state index contributed by atoms with van der Waals surface area (Å²) in [5.41, 5.74) is 7.00. The quantitative estimate of drug-likeness (QED) is 0.390. The van der Waals surface area contributed by atoms with Crippen LogP contribution in [-0.4, -0.2) is 10.8 Å². The Labute approximate surface area is 121 Å². The molecule has 0 radical (unpaired) electrons. The molecule has 2 aromatic carbocycles. The van der Waals surface area contributed by atoms with E-state index in [0.29, 0.717) is 5.69 Å². The van der Waals surface area contributed by atoms with Gasteiger partial charge in [-0.2, -0.15) is 0 Å². The van der Waals surface area contributed by atoms with Crippen LogP contribution >= 0.6 is 0 Å². The molecule has 0 aliphatic rings. The second kappa shape index (κ2) is 6.33. The zero-order valence-electron chi connectivity index (χ0n) is 11.0. The van der Waals surface area contributed by atoms with Crippen LogP contribution in [-0.2, 0) is 4.79 Å². The molecule has 0 saturated carbocycles. The Balaban J connectivity index is 2.10. The predicted molar refractivity (Wildman–Crippen MR) is 81.6 cm³/mol. The van der Waals surface area contributed by atoms with E-state index in [1.54, 1.807) is 36.4 Å². The lowest BCUT2D eigenvalue weighted by Crippen LogP contribution is -2.09. The van der Waals surface area contributed by atoms with Crippen LogP contribution in [0.5, 0.6) is 0 Å². The van der Waals surface area contributed by atoms with E-state index in [9.17, 15) is 14.9 Å². The molecule has 21 heavy (non-hydrogen) atoms. The fraction of sp³-hybridized carbons (Fsp3) is 0. The number of para-hydroxylation sites is 2. The third-order valence-corrected chi connectivity index (χ3v) is 2.70. The molecule has 6 heteroatoms. The number of hydrogen-bond acceptors (Lipinski definition) is 4. The lowest BCUT2D eigenvalue weighted by molar-refractivity contribution is -0.383. The molecule has 0 heterocycles. The van der Waals surface area contributed by atoms with Crippen molar-refractivity contribution in [2.75, 3.05) is 11.1 Å². The molecular weight excluding hydrogens is 270 g/mol. The molecule has 2 aromatic rings. The third kappa shape index (κ3) is 3.90. The summed E-state index contributed by atoms with van der Waals surface area (Å²) in [5.74, 6) is -0.452. The molecule has 0 spiro atoms. The lowest BCUT2D eigenvalue weighted by Gasteiger charge is -2.02. The highest BCUT2D eigenvalue weighted by atomic mass is 16.6. The highest BCUT2D eigenvalue weighted by Gasteiger charge is 2.13. The van der Waals surface area contributed by atoms with Crippen LogP contribution in [0.25, 0.3) is 6.08 Å². The zero-order valence-corrected chi connectivity index (χ0v) is 11.0. The molecule has 0 aliphatic carbocycles. The number of amides is 1. The molecule has 6 nitrogen and oxygen atoms in total. The van der Waals surface area contributed by atoms with Crippen molar-refractivity contribution >= 4 is 29.0 Å². The first-order chi connectivity index (χ1) is 10.1. The van der Waals surface area contributed by atoms with Gasteiger partial charge in [-0.1, -0.05) is 24.3 Å². The largest absolute Gasteiger partial charge is 0.399 e. The Morgan fingerprint density at radius 2 is 1.95 bits per heavy atom. The minimum absolute atomic E-state index is 0.150. The first-order valence-corrected chi connectivity index (χ1v) is 6.14. The van der Waals surface area contributed by atoms with Crippen LogP contribution < -0.4 is 11.1 Å². The molecule has 1 amide bonds. The Morgan fingerprint density at radius 3 is 2.67 bits per heavy atom. The molecule has 3 N–H and O–H groups in total. The van der Waals surface area contributed by atoms with Crippen LogP contribution in [0.2, 0.25) is 0 Å². The minimum atomic E-state index is -0.544. The Bertz CT molecular complexity index is 711. The van der Waals surface area contributed by atoms with E-state index < -0.39 is 10.8 Å². The van der Waals surface area contributed by atoms with Crippen molar-refractivity contribution in [3.8, 4) is 0 Å². The molecule has 2 rings (SSSR count). The van der Waals surface area contributed by atoms with Crippen LogP contribution in [0.3, 0.4) is 0 Å².